The number of piperidine rings is 3. The van der Waals surface area contributed by atoms with Crippen LogP contribution in [0.1, 0.15) is 62.6 Å². The molecule has 4 heterocycles. The average Bonchev–Trinajstić information content (AvgIpc) is 3.17. The third kappa shape index (κ3) is 5.55. The number of carbonyl (C=O) groups is 2. The van der Waals surface area contributed by atoms with E-state index in [1.165, 1.54) is 0 Å². The predicted octanol–water partition coefficient (Wildman–Crippen LogP) is 4.88. The molecule has 1 N–H and O–H groups in total. The zero-order valence-electron chi connectivity index (χ0n) is 21.4. The fourth-order valence-electron chi connectivity index (χ4n) is 6.56. The Morgan fingerprint density at radius 3 is 2.26 bits per heavy atom. The molecular formula is C28H34F3N4O3+. The second kappa shape index (κ2) is 10.6. The topological polar surface area (TPSA) is 81.2 Å². The van der Waals surface area contributed by atoms with Gasteiger partial charge in [0.15, 0.2) is 24.2 Å². The molecule has 2 bridgehead atoms. The maximum Gasteiger partial charge on any atom is 0.435 e. The first-order chi connectivity index (χ1) is 18.2. The van der Waals surface area contributed by atoms with Gasteiger partial charge >= 0.3 is 12.1 Å². The molecule has 3 aliphatic heterocycles. The number of ether oxygens (including phenoxy) is 1. The molecule has 1 atom stereocenters. The van der Waals surface area contributed by atoms with Crippen LogP contribution in [0.2, 0.25) is 0 Å². The average molecular weight is 532 g/mol. The highest BCUT2D eigenvalue weighted by Gasteiger charge is 2.51. The molecule has 10 heteroatoms. The van der Waals surface area contributed by atoms with Gasteiger partial charge in [-0.05, 0) is 30.5 Å². The van der Waals surface area contributed by atoms with Crippen molar-refractivity contribution >= 4 is 17.7 Å². The molecule has 6 rings (SSSR count). The number of fused-ring (bicyclic) bond motifs is 3. The van der Waals surface area contributed by atoms with Gasteiger partial charge in [0.2, 0.25) is 0 Å². The molecule has 1 aliphatic carbocycles. The number of amides is 1. The molecule has 4 aliphatic rings. The molecule has 3 saturated heterocycles. The summed E-state index contributed by atoms with van der Waals surface area (Å²) in [4.78, 5) is 26.7. The Hall–Kier alpha value is -3.01. The molecule has 1 aromatic heterocycles. The molecule has 0 unspecified atom stereocenters. The zero-order valence-corrected chi connectivity index (χ0v) is 21.4. The van der Waals surface area contributed by atoms with Crippen LogP contribution in [0.5, 0.6) is 0 Å². The van der Waals surface area contributed by atoms with Gasteiger partial charge in [0.25, 0.3) is 5.91 Å². The standard InChI is InChI=1S/C28H33F3N4O3/c29-28(30,31)23-10-11-24(34-33-23)32-25(36)19-35-16-12-20(13-17-35)22(18-35)38-26(37)27(14-6-1-2-7-15-27)21-8-4-3-5-9-21/h3-5,8-11,20,22H,1-2,6-7,12-19H2/p+1/t20?,22-,35?/m0/s1. The highest BCUT2D eigenvalue weighted by atomic mass is 19.4. The number of halogens is 3. The Morgan fingerprint density at radius 2 is 1.66 bits per heavy atom. The number of hydrogen-bond donors (Lipinski definition) is 1. The SMILES string of the molecule is O=C(C[N+]12CCC(CC1)[C@@H](OC(=O)C1(c3ccccc3)CCCCCC1)C2)Nc1ccc(C(F)(F)F)nn1. The molecule has 1 amide bonds. The van der Waals surface area contributed by atoms with E-state index < -0.39 is 17.3 Å². The summed E-state index contributed by atoms with van der Waals surface area (Å²) < 4.78 is 45.1. The van der Waals surface area contributed by atoms with Crippen molar-refractivity contribution in [1.29, 1.82) is 0 Å². The van der Waals surface area contributed by atoms with E-state index in [9.17, 15) is 22.8 Å². The minimum atomic E-state index is -4.59. The maximum atomic E-state index is 13.9. The first kappa shape index (κ1) is 26.6. The van der Waals surface area contributed by atoms with Crippen molar-refractivity contribution in [3.8, 4) is 0 Å². The van der Waals surface area contributed by atoms with Gasteiger partial charge in [-0.2, -0.15) is 13.2 Å². The Morgan fingerprint density at radius 1 is 0.974 bits per heavy atom. The van der Waals surface area contributed by atoms with Crippen LogP contribution in [0.15, 0.2) is 42.5 Å². The van der Waals surface area contributed by atoms with E-state index in [1.54, 1.807) is 0 Å². The second-order valence-electron chi connectivity index (χ2n) is 11.1. The van der Waals surface area contributed by atoms with Crippen molar-refractivity contribution in [3.63, 3.8) is 0 Å². The van der Waals surface area contributed by atoms with E-state index in [2.05, 4.69) is 15.5 Å². The number of nitrogens with one attached hydrogen (secondary N) is 1. The van der Waals surface area contributed by atoms with Gasteiger partial charge in [-0.25, -0.2) is 0 Å². The summed E-state index contributed by atoms with van der Waals surface area (Å²) in [6.07, 6.45) is 2.66. The van der Waals surface area contributed by atoms with Crippen molar-refractivity contribution in [1.82, 2.24) is 10.2 Å². The number of anilines is 1. The third-order valence-corrected chi connectivity index (χ3v) is 8.68. The Bertz CT molecular complexity index is 1120. The van der Waals surface area contributed by atoms with Crippen LogP contribution in [0, 0.1) is 5.92 Å². The van der Waals surface area contributed by atoms with Crippen LogP contribution >= 0.6 is 0 Å². The molecule has 4 fully saturated rings. The number of nitrogens with zero attached hydrogens (tertiary/aromatic N) is 3. The van der Waals surface area contributed by atoms with E-state index >= 15 is 0 Å². The van der Waals surface area contributed by atoms with Gasteiger partial charge in [-0.15, -0.1) is 10.2 Å². The number of alkyl halides is 3. The number of hydrogen-bond acceptors (Lipinski definition) is 5. The first-order valence-corrected chi connectivity index (χ1v) is 13.5. The number of quaternary nitrogens is 1. The molecule has 1 aromatic carbocycles. The molecule has 7 nitrogen and oxygen atoms in total. The minimum absolute atomic E-state index is 0.0192. The van der Waals surface area contributed by atoms with Crippen LogP contribution in [-0.2, 0) is 25.9 Å². The summed E-state index contributed by atoms with van der Waals surface area (Å²) in [6.45, 7) is 2.31. The monoisotopic (exact) mass is 531 g/mol. The summed E-state index contributed by atoms with van der Waals surface area (Å²) >= 11 is 0. The molecular weight excluding hydrogens is 497 g/mol. The van der Waals surface area contributed by atoms with Crippen LogP contribution in [0.4, 0.5) is 19.0 Å². The highest BCUT2D eigenvalue weighted by Crippen LogP contribution is 2.42. The van der Waals surface area contributed by atoms with Crippen molar-refractivity contribution in [3.05, 3.63) is 53.7 Å². The van der Waals surface area contributed by atoms with Gasteiger partial charge in [0.1, 0.15) is 6.54 Å². The Balaban J connectivity index is 1.26. The molecule has 0 radical (unpaired) electrons. The van der Waals surface area contributed by atoms with Crippen LogP contribution in [0.25, 0.3) is 0 Å². The Kier molecular flexibility index (Phi) is 7.44. The van der Waals surface area contributed by atoms with E-state index in [0.29, 0.717) is 11.0 Å². The summed E-state index contributed by atoms with van der Waals surface area (Å²) in [5, 5.41) is 9.26. The van der Waals surface area contributed by atoms with Crippen LogP contribution in [-0.4, -0.2) is 58.8 Å². The lowest BCUT2D eigenvalue weighted by atomic mass is 9.74. The fraction of sp³-hybridized carbons (Fsp3) is 0.571. The van der Waals surface area contributed by atoms with Crippen molar-refractivity contribution in [2.75, 3.05) is 31.5 Å². The van der Waals surface area contributed by atoms with Crippen LogP contribution in [0.3, 0.4) is 0 Å². The largest absolute Gasteiger partial charge is 0.455 e. The second-order valence-corrected chi connectivity index (χ2v) is 11.1. The maximum absolute atomic E-state index is 13.9. The normalized spacial score (nSPS) is 26.8. The smallest absolute Gasteiger partial charge is 0.435 e. The van der Waals surface area contributed by atoms with Gasteiger partial charge in [0.05, 0.1) is 18.5 Å². The lowest BCUT2D eigenvalue weighted by molar-refractivity contribution is -0.939. The van der Waals surface area contributed by atoms with Crippen molar-refractivity contribution in [2.24, 2.45) is 5.92 Å². The van der Waals surface area contributed by atoms with E-state index in [-0.39, 0.29) is 36.3 Å². The third-order valence-electron chi connectivity index (χ3n) is 8.68. The summed E-state index contributed by atoms with van der Waals surface area (Å²) in [5.74, 6) is -0.225. The summed E-state index contributed by atoms with van der Waals surface area (Å²) in [7, 11) is 0. The first-order valence-electron chi connectivity index (χ1n) is 13.5. The lowest BCUT2D eigenvalue weighted by Gasteiger charge is -2.52. The number of rotatable bonds is 6. The number of aromatic nitrogens is 2. The number of benzene rings is 1. The molecule has 38 heavy (non-hydrogen) atoms. The van der Waals surface area contributed by atoms with E-state index in [0.717, 1.165) is 82.2 Å². The molecule has 2 aromatic rings. The number of carbonyl (C=O) groups excluding carboxylic acids is 2. The van der Waals surface area contributed by atoms with Gasteiger partial charge < -0.3 is 14.5 Å². The van der Waals surface area contributed by atoms with Gasteiger partial charge in [-0.3, -0.25) is 9.59 Å². The van der Waals surface area contributed by atoms with E-state index in [1.807, 2.05) is 30.3 Å². The van der Waals surface area contributed by atoms with Gasteiger partial charge in [0, 0.05) is 18.8 Å². The van der Waals surface area contributed by atoms with Gasteiger partial charge in [-0.1, -0.05) is 56.0 Å². The predicted molar refractivity (Wildman–Crippen MR) is 134 cm³/mol. The van der Waals surface area contributed by atoms with Crippen molar-refractivity contribution < 1.29 is 32.0 Å². The Labute approximate surface area is 220 Å². The fourth-order valence-corrected chi connectivity index (χ4v) is 6.56. The molecule has 0 spiro atoms. The quantitative estimate of drug-likeness (QED) is 0.327. The minimum Gasteiger partial charge on any atom is -0.455 e. The highest BCUT2D eigenvalue weighted by molar-refractivity contribution is 5.90. The summed E-state index contributed by atoms with van der Waals surface area (Å²) in [5.41, 5.74) is -0.719. The zero-order chi connectivity index (χ0) is 26.8. The van der Waals surface area contributed by atoms with Crippen LogP contribution < -0.4 is 5.32 Å². The molecule has 204 valence electrons. The van der Waals surface area contributed by atoms with Crippen molar-refractivity contribution in [2.45, 2.75) is 69.1 Å². The lowest BCUT2D eigenvalue weighted by Crippen LogP contribution is -2.66. The number of esters is 1. The van der Waals surface area contributed by atoms with E-state index in [4.69, 9.17) is 4.74 Å². The summed E-state index contributed by atoms with van der Waals surface area (Å²) in [6, 6.07) is 11.9. The molecule has 1 saturated carbocycles.